The standard InChI is InChI=1S/2C6H14O2.2B/c2*1-5(2,7)6(3,4)8;;/h2*7-8H,1-4H3;;/i2*1D;;. The fraction of sp³-hybridized carbons (Fsp3) is 1.00. The number of hydrogen-bond acceptors (Lipinski definition) is 4. The second kappa shape index (κ2) is 7.53. The Morgan fingerprint density at radius 2 is 0.722 bits per heavy atom. The first-order chi connectivity index (χ1) is 7.62. The Kier molecular flexibility index (Phi) is 8.49. The molecule has 0 aliphatic carbocycles. The number of aliphatic hydroxyl groups is 4. The van der Waals surface area contributed by atoms with E-state index in [1.165, 1.54) is 41.5 Å². The van der Waals surface area contributed by atoms with Crippen LogP contribution in [0.25, 0.3) is 0 Å². The minimum absolute atomic E-state index is 0. The van der Waals surface area contributed by atoms with Crippen LogP contribution in [0.3, 0.4) is 0 Å². The zero-order valence-corrected chi connectivity index (χ0v) is 12.4. The molecule has 0 aromatic rings. The van der Waals surface area contributed by atoms with Crippen LogP contribution in [-0.2, 0) is 0 Å². The molecule has 2 atom stereocenters. The average Bonchev–Trinajstić information content (AvgIpc) is 2.15. The lowest BCUT2D eigenvalue weighted by Gasteiger charge is -2.31. The van der Waals surface area contributed by atoms with Gasteiger partial charge in [-0.2, -0.15) is 0 Å². The van der Waals surface area contributed by atoms with Gasteiger partial charge < -0.3 is 20.4 Å². The van der Waals surface area contributed by atoms with Crippen LogP contribution in [-0.4, -0.2) is 59.7 Å². The Hall–Kier alpha value is -0.0301. The minimum atomic E-state index is -1.30. The van der Waals surface area contributed by atoms with Crippen molar-refractivity contribution in [3.63, 3.8) is 0 Å². The van der Waals surface area contributed by atoms with Crippen molar-refractivity contribution in [2.45, 2.75) is 77.7 Å². The van der Waals surface area contributed by atoms with E-state index in [0.717, 1.165) is 0 Å². The van der Waals surface area contributed by atoms with Crippen LogP contribution in [0, 0.1) is 0 Å². The Morgan fingerprint density at radius 3 is 0.722 bits per heavy atom. The van der Waals surface area contributed by atoms with Gasteiger partial charge in [-0.05, 0) is 55.3 Å². The molecule has 6 radical (unpaired) electrons. The van der Waals surface area contributed by atoms with Crippen LogP contribution in [0.1, 0.15) is 58.1 Å². The van der Waals surface area contributed by atoms with Crippen molar-refractivity contribution >= 4 is 16.8 Å². The Labute approximate surface area is 118 Å². The van der Waals surface area contributed by atoms with Crippen molar-refractivity contribution < 1.29 is 23.2 Å². The van der Waals surface area contributed by atoms with Gasteiger partial charge in [0.1, 0.15) is 0 Å². The van der Waals surface area contributed by atoms with E-state index in [1.807, 2.05) is 0 Å². The van der Waals surface area contributed by atoms with Gasteiger partial charge in [-0.25, -0.2) is 0 Å². The van der Waals surface area contributed by atoms with Crippen molar-refractivity contribution in [2.24, 2.45) is 0 Å². The highest BCUT2D eigenvalue weighted by Gasteiger charge is 2.32. The second-order valence-corrected chi connectivity index (χ2v) is 5.67. The summed E-state index contributed by atoms with van der Waals surface area (Å²) in [6.45, 7) is 8.47. The van der Waals surface area contributed by atoms with Crippen molar-refractivity contribution in [3.05, 3.63) is 0 Å². The lowest BCUT2D eigenvalue weighted by molar-refractivity contribution is -0.107. The van der Waals surface area contributed by atoms with E-state index in [4.69, 9.17) is 2.74 Å². The molecule has 2 unspecified atom stereocenters. The largest absolute Gasteiger partial charge is 0.387 e. The molecule has 0 fully saturated rings. The summed E-state index contributed by atoms with van der Waals surface area (Å²) >= 11 is 0. The zero-order valence-electron chi connectivity index (χ0n) is 14.4. The van der Waals surface area contributed by atoms with Crippen molar-refractivity contribution in [2.75, 3.05) is 0 Å². The lowest BCUT2D eigenvalue weighted by Crippen LogP contribution is -2.44. The fourth-order valence-electron chi connectivity index (χ4n) is 0. The molecule has 0 saturated carbocycles. The Morgan fingerprint density at radius 1 is 0.556 bits per heavy atom. The van der Waals surface area contributed by atoms with E-state index in [-0.39, 0.29) is 30.6 Å². The lowest BCUT2D eigenvalue weighted by atomic mass is 9.90. The van der Waals surface area contributed by atoms with Crippen LogP contribution < -0.4 is 0 Å². The molecule has 4 N–H and O–H groups in total. The summed E-state index contributed by atoms with van der Waals surface area (Å²) in [7, 11) is 0. The van der Waals surface area contributed by atoms with Gasteiger partial charge >= 0.3 is 0 Å². The molecule has 0 saturated heterocycles. The molecular weight excluding hydrogens is 230 g/mol. The molecule has 6 heteroatoms. The van der Waals surface area contributed by atoms with E-state index < -0.39 is 22.4 Å². The summed E-state index contributed by atoms with van der Waals surface area (Å²) in [5.41, 5.74) is -4.97. The smallest absolute Gasteiger partial charge is 0.0872 e. The molecule has 0 bridgehead atoms. The van der Waals surface area contributed by atoms with Crippen LogP contribution in [0.5, 0.6) is 0 Å². The van der Waals surface area contributed by atoms with Crippen LogP contribution in [0.15, 0.2) is 0 Å². The molecule has 0 rings (SSSR count). The highest BCUT2D eigenvalue weighted by atomic mass is 16.4. The summed E-state index contributed by atoms with van der Waals surface area (Å²) in [4.78, 5) is 0. The maximum absolute atomic E-state index is 9.22. The topological polar surface area (TPSA) is 80.9 Å². The van der Waals surface area contributed by atoms with Crippen molar-refractivity contribution in [1.82, 2.24) is 0 Å². The third-order valence-corrected chi connectivity index (χ3v) is 2.64. The normalized spacial score (nSPS) is 19.4. The molecule has 106 valence electrons. The van der Waals surface area contributed by atoms with Crippen molar-refractivity contribution in [3.8, 4) is 0 Å². The van der Waals surface area contributed by atoms with Crippen LogP contribution in [0.4, 0.5) is 0 Å². The van der Waals surface area contributed by atoms with Crippen LogP contribution >= 0.6 is 0 Å². The van der Waals surface area contributed by atoms with E-state index in [0.29, 0.717) is 0 Å². The van der Waals surface area contributed by atoms with Gasteiger partial charge in [-0.1, -0.05) is 0 Å². The molecular formula is C12H28B2O4. The number of rotatable bonds is 2. The molecule has 0 aliphatic rings. The third-order valence-electron chi connectivity index (χ3n) is 2.64. The summed E-state index contributed by atoms with van der Waals surface area (Å²) in [6, 6.07) is 0. The minimum Gasteiger partial charge on any atom is -0.387 e. The maximum atomic E-state index is 9.22. The Bertz CT molecular complexity index is 223. The first-order valence-corrected chi connectivity index (χ1v) is 5.10. The Balaban J connectivity index is -0.000000116. The summed E-state index contributed by atoms with van der Waals surface area (Å²) < 4.78 is 13.7. The van der Waals surface area contributed by atoms with E-state index >= 15 is 0 Å². The van der Waals surface area contributed by atoms with E-state index in [9.17, 15) is 20.4 Å². The monoisotopic (exact) mass is 260 g/mol. The van der Waals surface area contributed by atoms with Gasteiger partial charge in [-0.15, -0.1) is 0 Å². The van der Waals surface area contributed by atoms with Gasteiger partial charge in [0.2, 0.25) is 0 Å². The summed E-state index contributed by atoms with van der Waals surface area (Å²) in [5.74, 6) is 0. The fourth-order valence-corrected chi connectivity index (χ4v) is 0. The van der Waals surface area contributed by atoms with Crippen LogP contribution in [0.2, 0.25) is 0 Å². The van der Waals surface area contributed by atoms with Gasteiger partial charge in [0.25, 0.3) is 0 Å². The molecule has 0 spiro atoms. The molecule has 0 aliphatic heterocycles. The maximum Gasteiger partial charge on any atom is 0.0872 e. The van der Waals surface area contributed by atoms with Gasteiger partial charge in [0, 0.05) is 19.6 Å². The van der Waals surface area contributed by atoms with Gasteiger partial charge in [-0.3, -0.25) is 0 Å². The zero-order chi connectivity index (χ0) is 15.4. The molecule has 0 aromatic heterocycles. The van der Waals surface area contributed by atoms with Gasteiger partial charge in [0.05, 0.1) is 22.4 Å². The van der Waals surface area contributed by atoms with E-state index in [2.05, 4.69) is 0 Å². The average molecular weight is 260 g/mol. The summed E-state index contributed by atoms with van der Waals surface area (Å²) in [5, 5.41) is 36.8. The predicted octanol–water partition coefficient (Wildman–Crippen LogP) is 0.295. The predicted molar refractivity (Wildman–Crippen MR) is 76.7 cm³/mol. The first kappa shape index (κ1) is 20.3. The first-order valence-electron chi connectivity index (χ1n) is 6.52. The third kappa shape index (κ3) is 11.1. The molecule has 0 heterocycles. The molecule has 0 aromatic carbocycles. The van der Waals surface area contributed by atoms with Gasteiger partial charge in [0.15, 0.2) is 0 Å². The quantitative estimate of drug-likeness (QED) is 0.538. The highest BCUT2D eigenvalue weighted by Crippen LogP contribution is 2.19. The molecule has 0 amide bonds. The highest BCUT2D eigenvalue weighted by molar-refractivity contribution is 5.76. The SMILES string of the molecule is [2H]CC(C)(O)C(C)(C)O.[2H]CC(C)(O)C(C)(C)O.[B].[B]. The number of hydrogen-bond donors (Lipinski definition) is 4. The molecule has 4 nitrogen and oxygen atoms in total. The van der Waals surface area contributed by atoms with Crippen molar-refractivity contribution in [1.29, 1.82) is 0 Å². The molecule has 18 heavy (non-hydrogen) atoms. The van der Waals surface area contributed by atoms with E-state index in [1.54, 1.807) is 0 Å². The second-order valence-electron chi connectivity index (χ2n) is 5.67. The summed E-state index contributed by atoms with van der Waals surface area (Å²) in [6.07, 6.45) is 0.